The third-order valence-corrected chi connectivity index (χ3v) is 6.73. The lowest BCUT2D eigenvalue weighted by Gasteiger charge is -2.40. The first kappa shape index (κ1) is 18.6. The predicted octanol–water partition coefficient (Wildman–Crippen LogP) is 3.15. The van der Waals surface area contributed by atoms with E-state index in [1.807, 2.05) is 0 Å². The summed E-state index contributed by atoms with van der Waals surface area (Å²) in [4.78, 5) is 12.9. The van der Waals surface area contributed by atoms with E-state index in [4.69, 9.17) is 11.6 Å². The lowest BCUT2D eigenvalue weighted by Crippen LogP contribution is -2.54. The fourth-order valence-corrected chi connectivity index (χ4v) is 5.12. The quantitative estimate of drug-likeness (QED) is 0.586. The van der Waals surface area contributed by atoms with Crippen LogP contribution in [0.2, 0.25) is 5.02 Å². The second-order valence-electron chi connectivity index (χ2n) is 6.09. The van der Waals surface area contributed by atoms with Crippen LogP contribution >= 0.6 is 11.6 Å². The molecule has 0 bridgehead atoms. The summed E-state index contributed by atoms with van der Waals surface area (Å²) in [6, 6.07) is 12.4. The molecule has 1 unspecified atom stereocenters. The molecule has 2 aromatic carbocycles. The molecule has 0 saturated carbocycles. The molecule has 0 N–H and O–H groups in total. The topological polar surface area (TPSA) is 83.8 Å². The van der Waals surface area contributed by atoms with E-state index in [0.717, 1.165) is 0 Å². The van der Waals surface area contributed by atoms with E-state index in [-0.39, 0.29) is 28.2 Å². The smallest absolute Gasteiger partial charge is 0.294 e. The number of para-hydroxylation sites is 1. The van der Waals surface area contributed by atoms with E-state index >= 15 is 0 Å². The summed E-state index contributed by atoms with van der Waals surface area (Å²) < 4.78 is 27.1. The van der Waals surface area contributed by atoms with Gasteiger partial charge in [-0.1, -0.05) is 35.9 Å². The van der Waals surface area contributed by atoms with Crippen LogP contribution in [0.15, 0.2) is 53.4 Å². The van der Waals surface area contributed by atoms with E-state index in [0.29, 0.717) is 18.8 Å². The highest BCUT2D eigenvalue weighted by Crippen LogP contribution is 2.37. The molecule has 138 valence electrons. The number of hydrogen-bond acceptors (Lipinski definition) is 5. The van der Waals surface area contributed by atoms with Crippen LogP contribution in [-0.2, 0) is 10.0 Å². The van der Waals surface area contributed by atoms with Gasteiger partial charge in [0.2, 0.25) is 10.0 Å². The van der Waals surface area contributed by atoms with Crippen LogP contribution < -0.4 is 4.90 Å². The van der Waals surface area contributed by atoms with E-state index in [1.165, 1.54) is 16.4 Å². The second-order valence-corrected chi connectivity index (χ2v) is 8.39. The Morgan fingerprint density at radius 3 is 2.42 bits per heavy atom. The molecule has 26 heavy (non-hydrogen) atoms. The largest absolute Gasteiger partial charge is 0.362 e. The van der Waals surface area contributed by atoms with Gasteiger partial charge in [0.15, 0.2) is 0 Å². The molecule has 2 aromatic rings. The average Bonchev–Trinajstić information content (AvgIpc) is 2.61. The third-order valence-electron chi connectivity index (χ3n) is 4.39. The van der Waals surface area contributed by atoms with Crippen LogP contribution in [0.5, 0.6) is 0 Å². The van der Waals surface area contributed by atoms with Crippen molar-refractivity contribution in [2.24, 2.45) is 0 Å². The molecule has 0 aliphatic carbocycles. The first-order chi connectivity index (χ1) is 12.3. The lowest BCUT2D eigenvalue weighted by molar-refractivity contribution is -0.384. The Hall–Kier alpha value is -2.16. The van der Waals surface area contributed by atoms with Gasteiger partial charge in [0, 0.05) is 31.7 Å². The van der Waals surface area contributed by atoms with Crippen molar-refractivity contribution >= 4 is 33.0 Å². The summed E-state index contributed by atoms with van der Waals surface area (Å²) in [5, 5.41) is 11.6. The van der Waals surface area contributed by atoms with Gasteiger partial charge in [-0.15, -0.1) is 0 Å². The Balaban J connectivity index is 1.88. The van der Waals surface area contributed by atoms with Gasteiger partial charge in [-0.25, -0.2) is 8.42 Å². The van der Waals surface area contributed by atoms with Crippen LogP contribution in [0.1, 0.15) is 6.92 Å². The summed E-state index contributed by atoms with van der Waals surface area (Å²) in [6.07, 6.45) is 0. The standard InChI is InChI=1S/C17H18ClN3O4S/c1-13-12-19(17-15(18)8-5-9-16(17)21(22)23)10-11-20(13)26(24,25)14-6-3-2-4-7-14/h2-9,13H,10-12H2,1H3. The Morgan fingerprint density at radius 2 is 1.81 bits per heavy atom. The zero-order valence-corrected chi connectivity index (χ0v) is 15.7. The Morgan fingerprint density at radius 1 is 1.12 bits per heavy atom. The van der Waals surface area contributed by atoms with Crippen LogP contribution in [0.25, 0.3) is 0 Å². The molecule has 9 heteroatoms. The fourth-order valence-electron chi connectivity index (χ4n) is 3.19. The van der Waals surface area contributed by atoms with Gasteiger partial charge in [0.05, 0.1) is 14.8 Å². The molecule has 0 aromatic heterocycles. The van der Waals surface area contributed by atoms with Gasteiger partial charge in [0.1, 0.15) is 5.69 Å². The van der Waals surface area contributed by atoms with Crippen molar-refractivity contribution in [1.29, 1.82) is 0 Å². The zero-order chi connectivity index (χ0) is 18.9. The minimum absolute atomic E-state index is 0.0796. The molecule has 1 aliphatic heterocycles. The molecular weight excluding hydrogens is 378 g/mol. The van der Waals surface area contributed by atoms with E-state index in [1.54, 1.807) is 48.2 Å². The van der Waals surface area contributed by atoms with Crippen molar-refractivity contribution in [3.05, 3.63) is 63.7 Å². The maximum atomic E-state index is 12.9. The summed E-state index contributed by atoms with van der Waals surface area (Å²) in [6.45, 7) is 2.65. The van der Waals surface area contributed by atoms with Gasteiger partial charge in [-0.05, 0) is 25.1 Å². The number of nitro groups is 1. The van der Waals surface area contributed by atoms with Crippen molar-refractivity contribution < 1.29 is 13.3 Å². The van der Waals surface area contributed by atoms with Crippen LogP contribution in [0, 0.1) is 10.1 Å². The van der Waals surface area contributed by atoms with Crippen molar-refractivity contribution in [2.75, 3.05) is 24.5 Å². The highest BCUT2D eigenvalue weighted by Gasteiger charge is 2.35. The van der Waals surface area contributed by atoms with Gasteiger partial charge in [0.25, 0.3) is 5.69 Å². The second kappa shape index (κ2) is 7.22. The van der Waals surface area contributed by atoms with Gasteiger partial charge >= 0.3 is 0 Å². The third kappa shape index (κ3) is 3.40. The van der Waals surface area contributed by atoms with E-state index in [9.17, 15) is 18.5 Å². The molecule has 3 rings (SSSR count). The predicted molar refractivity (Wildman–Crippen MR) is 100 cm³/mol. The number of hydrogen-bond donors (Lipinski definition) is 0. The molecule has 1 saturated heterocycles. The summed E-state index contributed by atoms with van der Waals surface area (Å²) in [5.74, 6) is 0. The highest BCUT2D eigenvalue weighted by molar-refractivity contribution is 7.89. The number of halogens is 1. The van der Waals surface area contributed by atoms with Crippen LogP contribution in [0.3, 0.4) is 0 Å². The monoisotopic (exact) mass is 395 g/mol. The molecule has 1 fully saturated rings. The molecule has 0 amide bonds. The molecule has 1 heterocycles. The first-order valence-electron chi connectivity index (χ1n) is 8.07. The molecule has 7 nitrogen and oxygen atoms in total. The SMILES string of the molecule is CC1CN(c2c(Cl)cccc2[N+](=O)[O-])CCN1S(=O)(=O)c1ccccc1. The van der Waals surface area contributed by atoms with Crippen molar-refractivity contribution in [3.8, 4) is 0 Å². The number of nitro benzene ring substituents is 1. The first-order valence-corrected chi connectivity index (χ1v) is 9.89. The van der Waals surface area contributed by atoms with E-state index < -0.39 is 14.9 Å². The molecule has 0 radical (unpaired) electrons. The van der Waals surface area contributed by atoms with Crippen molar-refractivity contribution in [3.63, 3.8) is 0 Å². The molecular formula is C17H18ClN3O4S. The Labute approximate surface area is 157 Å². The van der Waals surface area contributed by atoms with Gasteiger partial charge in [-0.2, -0.15) is 4.31 Å². The number of nitrogens with zero attached hydrogens (tertiary/aromatic N) is 3. The van der Waals surface area contributed by atoms with Gasteiger partial charge < -0.3 is 4.90 Å². The Bertz CT molecular complexity index is 921. The number of piperazine rings is 1. The molecule has 1 atom stereocenters. The van der Waals surface area contributed by atoms with E-state index in [2.05, 4.69) is 0 Å². The summed E-state index contributed by atoms with van der Waals surface area (Å²) in [5.41, 5.74) is 0.256. The maximum Gasteiger partial charge on any atom is 0.294 e. The van der Waals surface area contributed by atoms with Crippen LogP contribution in [-0.4, -0.2) is 43.3 Å². The van der Waals surface area contributed by atoms with Crippen molar-refractivity contribution in [1.82, 2.24) is 4.31 Å². The Kier molecular flexibility index (Phi) is 5.17. The highest BCUT2D eigenvalue weighted by atomic mass is 35.5. The van der Waals surface area contributed by atoms with Crippen LogP contribution in [0.4, 0.5) is 11.4 Å². The minimum Gasteiger partial charge on any atom is -0.362 e. The lowest BCUT2D eigenvalue weighted by atomic mass is 10.2. The number of sulfonamides is 1. The number of rotatable bonds is 4. The average molecular weight is 396 g/mol. The van der Waals surface area contributed by atoms with Gasteiger partial charge in [-0.3, -0.25) is 10.1 Å². The fraction of sp³-hybridized carbons (Fsp3) is 0.294. The number of benzene rings is 2. The molecule has 0 spiro atoms. The molecule has 1 aliphatic rings. The maximum absolute atomic E-state index is 12.9. The number of anilines is 1. The van der Waals surface area contributed by atoms with Crippen molar-refractivity contribution in [2.45, 2.75) is 17.9 Å². The minimum atomic E-state index is -3.61. The summed E-state index contributed by atoms with van der Waals surface area (Å²) >= 11 is 6.20. The summed E-state index contributed by atoms with van der Waals surface area (Å²) in [7, 11) is -3.61. The normalized spacial score (nSPS) is 18.7. The zero-order valence-electron chi connectivity index (χ0n) is 14.1.